The number of H-pyrrole nitrogens is 1. The number of halogens is 1. The van der Waals surface area contributed by atoms with Crippen LogP contribution in [0.2, 0.25) is 0 Å². The second-order valence-electron chi connectivity index (χ2n) is 7.53. The lowest BCUT2D eigenvalue weighted by Crippen LogP contribution is -2.32. The van der Waals surface area contributed by atoms with E-state index in [1.807, 2.05) is 6.07 Å². The Kier molecular flexibility index (Phi) is 5.15. The van der Waals surface area contributed by atoms with E-state index in [1.165, 1.54) is 17.8 Å². The lowest BCUT2D eigenvalue weighted by atomic mass is 9.77. The molecule has 1 aliphatic heterocycles. The molecule has 0 saturated heterocycles. The van der Waals surface area contributed by atoms with E-state index in [0.29, 0.717) is 39.8 Å². The summed E-state index contributed by atoms with van der Waals surface area (Å²) in [7, 11) is 0. The average molecular weight is 434 g/mol. The first-order valence-corrected chi connectivity index (χ1v) is 11.0. The third-order valence-electron chi connectivity index (χ3n) is 5.58. The standard InChI is InChI=1S/C23H19FN4O2S/c24-15-7-2-1-5-14(15)12-31-23-27-21-20(22(30)28-23)18(13-6-4-10-25-11-13)19-16(26-21)8-3-9-17(19)29/h1-2,4-7,10-11,18H,3,8-9,12H2,(H2,26,27,28,30)/t18-/m0/s1. The topological polar surface area (TPSA) is 87.7 Å². The van der Waals surface area contributed by atoms with Gasteiger partial charge in [0.05, 0.1) is 5.56 Å². The number of thioether (sulfide) groups is 1. The van der Waals surface area contributed by atoms with Crippen molar-refractivity contribution in [2.45, 2.75) is 36.1 Å². The van der Waals surface area contributed by atoms with E-state index in [0.717, 1.165) is 24.1 Å². The fraction of sp³-hybridized carbons (Fsp3) is 0.217. The molecule has 0 radical (unpaired) electrons. The first-order valence-electron chi connectivity index (χ1n) is 10.1. The van der Waals surface area contributed by atoms with Crippen molar-refractivity contribution in [3.8, 4) is 0 Å². The van der Waals surface area contributed by atoms with Crippen molar-refractivity contribution in [3.63, 3.8) is 0 Å². The SMILES string of the molecule is O=C1CCCC2=C1[C@H](c1cccnc1)c1c(nc(SCc3ccccc3F)[nH]c1=O)N2. The molecule has 2 aromatic heterocycles. The molecule has 0 bridgehead atoms. The van der Waals surface area contributed by atoms with Crippen LogP contribution in [0.15, 0.2) is 70.0 Å². The first kappa shape index (κ1) is 19.7. The van der Waals surface area contributed by atoms with Gasteiger partial charge in [-0.3, -0.25) is 14.6 Å². The Hall–Kier alpha value is -3.26. The predicted octanol–water partition coefficient (Wildman–Crippen LogP) is 4.16. The number of allylic oxidation sites excluding steroid dienone is 2. The summed E-state index contributed by atoms with van der Waals surface area (Å²) < 4.78 is 13.9. The van der Waals surface area contributed by atoms with Gasteiger partial charge in [-0.15, -0.1) is 0 Å². The van der Waals surface area contributed by atoms with Crippen LogP contribution in [0.5, 0.6) is 0 Å². The van der Waals surface area contributed by atoms with Crippen LogP contribution in [0, 0.1) is 5.82 Å². The van der Waals surface area contributed by atoms with Gasteiger partial charge in [-0.2, -0.15) is 0 Å². The van der Waals surface area contributed by atoms with E-state index in [4.69, 9.17) is 0 Å². The quantitative estimate of drug-likeness (QED) is 0.474. The van der Waals surface area contributed by atoms with Crippen LogP contribution in [0.3, 0.4) is 0 Å². The van der Waals surface area contributed by atoms with Crippen LogP contribution in [-0.2, 0) is 10.5 Å². The van der Waals surface area contributed by atoms with Crippen molar-refractivity contribution >= 4 is 23.4 Å². The molecule has 1 aliphatic carbocycles. The number of fused-ring (bicyclic) bond motifs is 1. The van der Waals surface area contributed by atoms with Gasteiger partial charge in [0.2, 0.25) is 0 Å². The molecular weight excluding hydrogens is 415 g/mol. The number of nitrogens with one attached hydrogen (secondary N) is 2. The summed E-state index contributed by atoms with van der Waals surface area (Å²) in [5, 5.41) is 3.64. The largest absolute Gasteiger partial charge is 0.343 e. The van der Waals surface area contributed by atoms with E-state index < -0.39 is 5.92 Å². The van der Waals surface area contributed by atoms with E-state index in [-0.39, 0.29) is 17.2 Å². The zero-order chi connectivity index (χ0) is 21.4. The average Bonchev–Trinajstić information content (AvgIpc) is 2.78. The van der Waals surface area contributed by atoms with E-state index in [2.05, 4.69) is 20.3 Å². The van der Waals surface area contributed by atoms with Crippen molar-refractivity contribution in [2.24, 2.45) is 0 Å². The summed E-state index contributed by atoms with van der Waals surface area (Å²) >= 11 is 1.26. The number of anilines is 1. The maximum Gasteiger partial charge on any atom is 0.257 e. The molecule has 2 N–H and O–H groups in total. The maximum atomic E-state index is 13.9. The normalized spacial score (nSPS) is 17.7. The molecule has 2 aliphatic rings. The van der Waals surface area contributed by atoms with Crippen LogP contribution in [0.4, 0.5) is 10.2 Å². The Bertz CT molecular complexity index is 1260. The summed E-state index contributed by atoms with van der Waals surface area (Å²) in [5.41, 5.74) is 2.88. The van der Waals surface area contributed by atoms with E-state index >= 15 is 0 Å². The summed E-state index contributed by atoms with van der Waals surface area (Å²) in [4.78, 5) is 37.6. The number of hydrogen-bond donors (Lipinski definition) is 2. The minimum Gasteiger partial charge on any atom is -0.343 e. The molecule has 0 saturated carbocycles. The minimum absolute atomic E-state index is 0.0469. The molecule has 3 aromatic rings. The summed E-state index contributed by atoms with van der Waals surface area (Å²) in [5.74, 6) is 0.0373. The molecule has 5 rings (SSSR count). The van der Waals surface area contributed by atoms with Crippen molar-refractivity contribution in [1.29, 1.82) is 0 Å². The molecule has 0 amide bonds. The molecule has 3 heterocycles. The highest BCUT2D eigenvalue weighted by atomic mass is 32.2. The molecule has 6 nitrogen and oxygen atoms in total. The Morgan fingerprint density at radius 2 is 2.00 bits per heavy atom. The minimum atomic E-state index is -0.505. The number of hydrogen-bond acceptors (Lipinski definition) is 6. The zero-order valence-corrected chi connectivity index (χ0v) is 17.3. The van der Waals surface area contributed by atoms with Crippen LogP contribution < -0.4 is 10.9 Å². The van der Waals surface area contributed by atoms with E-state index in [9.17, 15) is 14.0 Å². The number of Topliss-reactive ketones (excluding diaryl/α,β-unsaturated/α-hetero) is 1. The highest BCUT2D eigenvalue weighted by molar-refractivity contribution is 7.98. The number of aromatic amines is 1. The molecule has 8 heteroatoms. The second kappa shape index (κ2) is 8.11. The van der Waals surface area contributed by atoms with Crippen molar-refractivity contribution in [3.05, 3.63) is 92.9 Å². The lowest BCUT2D eigenvalue weighted by Gasteiger charge is -2.32. The fourth-order valence-electron chi connectivity index (χ4n) is 4.15. The van der Waals surface area contributed by atoms with E-state index in [1.54, 1.807) is 36.7 Å². The van der Waals surface area contributed by atoms with Gasteiger partial charge in [0.15, 0.2) is 10.9 Å². The molecular formula is C23H19FN4O2S. The molecule has 156 valence electrons. The third-order valence-corrected chi connectivity index (χ3v) is 6.50. The zero-order valence-electron chi connectivity index (χ0n) is 16.5. The van der Waals surface area contributed by atoms with Gasteiger partial charge in [0.1, 0.15) is 11.6 Å². The monoisotopic (exact) mass is 434 g/mol. The number of aromatic nitrogens is 3. The number of nitrogens with zero attached hydrogens (tertiary/aromatic N) is 2. The molecule has 0 spiro atoms. The second-order valence-corrected chi connectivity index (χ2v) is 8.49. The van der Waals surface area contributed by atoms with Crippen molar-refractivity contribution in [2.75, 3.05) is 5.32 Å². The Balaban J connectivity index is 1.56. The highest BCUT2D eigenvalue weighted by Crippen LogP contribution is 2.43. The molecule has 0 unspecified atom stereocenters. The smallest absolute Gasteiger partial charge is 0.257 e. The van der Waals surface area contributed by atoms with Gasteiger partial charge in [0, 0.05) is 41.8 Å². The number of rotatable bonds is 4. The van der Waals surface area contributed by atoms with Gasteiger partial charge in [-0.05, 0) is 36.1 Å². The van der Waals surface area contributed by atoms with Crippen molar-refractivity contribution in [1.82, 2.24) is 15.0 Å². The van der Waals surface area contributed by atoms with Crippen LogP contribution >= 0.6 is 11.8 Å². The van der Waals surface area contributed by atoms with Gasteiger partial charge in [0.25, 0.3) is 5.56 Å². The van der Waals surface area contributed by atoms with Crippen LogP contribution in [0.25, 0.3) is 0 Å². The summed E-state index contributed by atoms with van der Waals surface area (Å²) in [6, 6.07) is 10.2. The number of carbonyl (C=O) groups is 1. The molecule has 31 heavy (non-hydrogen) atoms. The Morgan fingerprint density at radius 1 is 1.13 bits per heavy atom. The highest BCUT2D eigenvalue weighted by Gasteiger charge is 2.37. The van der Waals surface area contributed by atoms with Gasteiger partial charge < -0.3 is 10.3 Å². The summed E-state index contributed by atoms with van der Waals surface area (Å²) in [6.45, 7) is 0. The van der Waals surface area contributed by atoms with Gasteiger partial charge in [-0.25, -0.2) is 9.37 Å². The number of benzene rings is 1. The van der Waals surface area contributed by atoms with Crippen LogP contribution in [0.1, 0.15) is 41.9 Å². The molecule has 1 atom stereocenters. The lowest BCUT2D eigenvalue weighted by molar-refractivity contribution is -0.116. The number of carbonyl (C=O) groups excluding carboxylic acids is 1. The van der Waals surface area contributed by atoms with Gasteiger partial charge >= 0.3 is 0 Å². The number of pyridine rings is 1. The number of ketones is 1. The molecule has 0 fully saturated rings. The Morgan fingerprint density at radius 3 is 2.81 bits per heavy atom. The van der Waals surface area contributed by atoms with Gasteiger partial charge in [-0.1, -0.05) is 36.0 Å². The van der Waals surface area contributed by atoms with Crippen LogP contribution in [-0.4, -0.2) is 20.7 Å². The molecule has 1 aromatic carbocycles. The summed E-state index contributed by atoms with van der Waals surface area (Å²) in [6.07, 6.45) is 5.30. The van der Waals surface area contributed by atoms with Crippen molar-refractivity contribution < 1.29 is 9.18 Å². The predicted molar refractivity (Wildman–Crippen MR) is 116 cm³/mol. The first-order chi connectivity index (χ1) is 15.1. The Labute approximate surface area is 182 Å². The maximum absolute atomic E-state index is 13.9. The third kappa shape index (κ3) is 3.67. The fourth-order valence-corrected chi connectivity index (χ4v) is 5.00.